The van der Waals surface area contributed by atoms with Crippen LogP contribution >= 0.6 is 11.3 Å². The summed E-state index contributed by atoms with van der Waals surface area (Å²) in [5, 5.41) is 10.1. The van der Waals surface area contributed by atoms with E-state index in [0.29, 0.717) is 0 Å². The van der Waals surface area contributed by atoms with Gasteiger partial charge < -0.3 is 4.90 Å². The molecule has 9 rings (SSSR count). The Hall–Kier alpha value is -5.44. The second kappa shape index (κ2) is 10.1. The number of thiophene rings is 1. The van der Waals surface area contributed by atoms with Crippen LogP contribution in [0.15, 0.2) is 164 Å². The average Bonchev–Trinajstić information content (AvgIpc) is 3.48. The normalized spacial score (nSPS) is 11.6. The van der Waals surface area contributed by atoms with Crippen LogP contribution in [0.25, 0.3) is 63.6 Å². The van der Waals surface area contributed by atoms with Crippen molar-refractivity contribution in [2.45, 2.75) is 0 Å². The molecule has 0 N–H and O–H groups in total. The van der Waals surface area contributed by atoms with E-state index in [2.05, 4.69) is 169 Å². The van der Waals surface area contributed by atoms with Crippen molar-refractivity contribution in [3.63, 3.8) is 0 Å². The zero-order valence-corrected chi connectivity index (χ0v) is 24.8. The van der Waals surface area contributed by atoms with Crippen molar-refractivity contribution >= 4 is 80.9 Å². The molecule has 1 nitrogen and oxygen atoms in total. The van der Waals surface area contributed by atoms with Gasteiger partial charge >= 0.3 is 0 Å². The molecule has 0 fully saturated rings. The zero-order valence-electron chi connectivity index (χ0n) is 23.9. The van der Waals surface area contributed by atoms with Gasteiger partial charge in [0.1, 0.15) is 0 Å². The van der Waals surface area contributed by atoms with E-state index in [1.54, 1.807) is 0 Å². The molecule has 44 heavy (non-hydrogen) atoms. The van der Waals surface area contributed by atoms with E-state index in [4.69, 9.17) is 0 Å². The first-order chi connectivity index (χ1) is 21.8. The molecule has 0 saturated carbocycles. The van der Waals surface area contributed by atoms with Crippen LogP contribution < -0.4 is 4.90 Å². The summed E-state index contributed by atoms with van der Waals surface area (Å²) in [7, 11) is 0. The van der Waals surface area contributed by atoms with Gasteiger partial charge in [0.25, 0.3) is 0 Å². The Morgan fingerprint density at radius 2 is 1.00 bits per heavy atom. The molecule has 8 aromatic carbocycles. The number of rotatable bonds is 4. The molecule has 0 bridgehead atoms. The van der Waals surface area contributed by atoms with Crippen molar-refractivity contribution in [3.05, 3.63) is 164 Å². The first kappa shape index (κ1) is 25.1. The summed E-state index contributed by atoms with van der Waals surface area (Å²) in [6.07, 6.45) is 0. The molecule has 0 radical (unpaired) electrons. The molecule has 0 aliphatic carbocycles. The number of anilines is 3. The highest BCUT2D eigenvalue weighted by Gasteiger charge is 2.21. The molecular weight excluding hydrogens is 551 g/mol. The van der Waals surface area contributed by atoms with Crippen LogP contribution in [0.1, 0.15) is 0 Å². The van der Waals surface area contributed by atoms with Crippen LogP contribution in [-0.2, 0) is 0 Å². The lowest BCUT2D eigenvalue weighted by Crippen LogP contribution is -2.10. The Labute approximate surface area is 259 Å². The maximum Gasteiger partial charge on any atom is 0.0547 e. The van der Waals surface area contributed by atoms with E-state index in [9.17, 15) is 0 Å². The highest BCUT2D eigenvalue weighted by atomic mass is 32.1. The minimum Gasteiger partial charge on any atom is -0.310 e. The SMILES string of the molecule is c1ccc(-c2cccc3sc4c5ccccc5c(N(c5ccc6ccccc6c5)c5ccc6ccccc6c5)cc4c23)cc1. The predicted octanol–water partition coefficient (Wildman–Crippen LogP) is 12.7. The quantitative estimate of drug-likeness (QED) is 0.201. The molecule has 0 aliphatic rings. The largest absolute Gasteiger partial charge is 0.310 e. The van der Waals surface area contributed by atoms with Gasteiger partial charge in [-0.1, -0.05) is 127 Å². The number of benzene rings is 8. The number of hydrogen-bond donors (Lipinski definition) is 0. The predicted molar refractivity (Wildman–Crippen MR) is 192 cm³/mol. The van der Waals surface area contributed by atoms with Crippen LogP contribution in [0.3, 0.4) is 0 Å². The first-order valence-corrected chi connectivity index (χ1v) is 15.8. The molecule has 2 heteroatoms. The van der Waals surface area contributed by atoms with Crippen LogP contribution in [0, 0.1) is 0 Å². The average molecular weight is 578 g/mol. The summed E-state index contributed by atoms with van der Waals surface area (Å²) in [4.78, 5) is 2.45. The van der Waals surface area contributed by atoms with Gasteiger partial charge in [0.2, 0.25) is 0 Å². The monoisotopic (exact) mass is 577 g/mol. The molecule has 1 heterocycles. The Morgan fingerprint density at radius 3 is 1.68 bits per heavy atom. The maximum atomic E-state index is 2.45. The minimum absolute atomic E-state index is 1.14. The van der Waals surface area contributed by atoms with Gasteiger partial charge in [0.05, 0.1) is 5.69 Å². The van der Waals surface area contributed by atoms with Crippen LogP contribution in [0.5, 0.6) is 0 Å². The lowest BCUT2D eigenvalue weighted by Gasteiger charge is -2.28. The van der Waals surface area contributed by atoms with Gasteiger partial charge in [-0.05, 0) is 69.1 Å². The van der Waals surface area contributed by atoms with Crippen molar-refractivity contribution in [3.8, 4) is 11.1 Å². The molecule has 0 spiro atoms. The summed E-state index contributed by atoms with van der Waals surface area (Å²) in [5.41, 5.74) is 5.99. The molecule has 0 aliphatic heterocycles. The number of nitrogens with zero attached hydrogens (tertiary/aromatic N) is 1. The molecule has 0 amide bonds. The third-order valence-electron chi connectivity index (χ3n) is 8.79. The van der Waals surface area contributed by atoms with Crippen molar-refractivity contribution in [1.82, 2.24) is 0 Å². The smallest absolute Gasteiger partial charge is 0.0547 e. The molecule has 9 aromatic rings. The summed E-state index contributed by atoms with van der Waals surface area (Å²) in [5.74, 6) is 0. The van der Waals surface area contributed by atoms with Crippen molar-refractivity contribution in [2.24, 2.45) is 0 Å². The Morgan fingerprint density at radius 1 is 0.409 bits per heavy atom. The molecular formula is C42H27NS. The van der Waals surface area contributed by atoms with Gasteiger partial charge in [-0.2, -0.15) is 0 Å². The van der Waals surface area contributed by atoms with Gasteiger partial charge in [-0.3, -0.25) is 0 Å². The molecule has 1 aromatic heterocycles. The second-order valence-corrected chi connectivity index (χ2v) is 12.4. The lowest BCUT2D eigenvalue weighted by atomic mass is 9.97. The third kappa shape index (κ3) is 4.00. The first-order valence-electron chi connectivity index (χ1n) is 15.0. The number of hydrogen-bond acceptors (Lipinski definition) is 2. The molecule has 0 saturated heterocycles. The molecule has 0 unspecified atom stereocenters. The van der Waals surface area contributed by atoms with E-state index in [1.807, 2.05) is 11.3 Å². The Balaban J connectivity index is 1.40. The second-order valence-electron chi connectivity index (χ2n) is 11.4. The number of fused-ring (bicyclic) bond motifs is 7. The molecule has 0 atom stereocenters. The fourth-order valence-corrected chi connectivity index (χ4v) is 7.98. The standard InChI is InChI=1S/C42H27NS/c1-2-13-30(14-3-1)35-19-10-20-40-41(35)38-27-39(36-17-8-9-18-37(36)42(38)44-40)43(33-23-21-28-11-4-6-15-31(28)25-33)34-24-22-29-12-5-7-16-32(29)26-34/h1-27H. The summed E-state index contributed by atoms with van der Waals surface area (Å²) < 4.78 is 2.64. The van der Waals surface area contributed by atoms with Gasteiger partial charge in [0.15, 0.2) is 0 Å². The summed E-state index contributed by atoms with van der Waals surface area (Å²) >= 11 is 1.90. The fraction of sp³-hybridized carbons (Fsp3) is 0. The van der Waals surface area contributed by atoms with Crippen LogP contribution in [0.2, 0.25) is 0 Å². The Kier molecular flexibility index (Phi) is 5.75. The minimum atomic E-state index is 1.14. The van der Waals surface area contributed by atoms with Crippen molar-refractivity contribution < 1.29 is 0 Å². The lowest BCUT2D eigenvalue weighted by molar-refractivity contribution is 1.31. The highest BCUT2D eigenvalue weighted by molar-refractivity contribution is 7.26. The van der Waals surface area contributed by atoms with Crippen molar-refractivity contribution in [2.75, 3.05) is 4.90 Å². The zero-order chi connectivity index (χ0) is 29.0. The van der Waals surface area contributed by atoms with E-state index < -0.39 is 0 Å². The maximum absolute atomic E-state index is 2.45. The fourth-order valence-electron chi connectivity index (χ4n) is 6.73. The highest BCUT2D eigenvalue weighted by Crippen LogP contribution is 2.48. The topological polar surface area (TPSA) is 3.24 Å². The van der Waals surface area contributed by atoms with Crippen molar-refractivity contribution in [1.29, 1.82) is 0 Å². The van der Waals surface area contributed by atoms with E-state index in [1.165, 1.54) is 69.3 Å². The van der Waals surface area contributed by atoms with E-state index in [-0.39, 0.29) is 0 Å². The van der Waals surface area contributed by atoms with Crippen LogP contribution in [-0.4, -0.2) is 0 Å². The third-order valence-corrected chi connectivity index (χ3v) is 9.99. The van der Waals surface area contributed by atoms with Gasteiger partial charge in [0, 0.05) is 42.3 Å². The summed E-state index contributed by atoms with van der Waals surface area (Å²) in [6, 6.07) is 59.8. The van der Waals surface area contributed by atoms with Gasteiger partial charge in [-0.15, -0.1) is 11.3 Å². The Bertz CT molecular complexity index is 2430. The van der Waals surface area contributed by atoms with Crippen LogP contribution in [0.4, 0.5) is 17.1 Å². The van der Waals surface area contributed by atoms with E-state index in [0.717, 1.165) is 11.4 Å². The summed E-state index contributed by atoms with van der Waals surface area (Å²) in [6.45, 7) is 0. The van der Waals surface area contributed by atoms with Gasteiger partial charge in [-0.25, -0.2) is 0 Å². The molecule has 206 valence electrons. The van der Waals surface area contributed by atoms with E-state index >= 15 is 0 Å².